The lowest BCUT2D eigenvalue weighted by molar-refractivity contribution is 0.0709. The van der Waals surface area contributed by atoms with E-state index in [1.807, 2.05) is 65.4 Å². The summed E-state index contributed by atoms with van der Waals surface area (Å²) in [4.78, 5) is 0. The van der Waals surface area contributed by atoms with Gasteiger partial charge in [-0.05, 0) is 206 Å². The summed E-state index contributed by atoms with van der Waals surface area (Å²) in [5.41, 5.74) is 20.9. The summed E-state index contributed by atoms with van der Waals surface area (Å²) in [5.74, 6) is 4.11. The fourth-order valence-electron chi connectivity index (χ4n) is 19.1. The zero-order valence-corrected chi connectivity index (χ0v) is 27.3. The highest BCUT2D eigenvalue weighted by Crippen LogP contribution is 2.85. The molecule has 226 valence electrons. The van der Waals surface area contributed by atoms with Gasteiger partial charge in [0.05, 0.1) is 0 Å². The Kier molecular flexibility index (Phi) is 2.54. The van der Waals surface area contributed by atoms with Gasteiger partial charge in [-0.3, -0.25) is 0 Å². The van der Waals surface area contributed by atoms with Crippen molar-refractivity contribution in [3.05, 3.63) is 96.6 Å². The number of hydrogen-bond donors (Lipinski definition) is 0. The Balaban J connectivity index is 1.27. The van der Waals surface area contributed by atoms with Crippen molar-refractivity contribution in [2.24, 2.45) is 11.8 Å². The first kappa shape index (κ1) is 21.8. The van der Waals surface area contributed by atoms with Crippen LogP contribution in [0.5, 0.6) is 0 Å². The summed E-state index contributed by atoms with van der Waals surface area (Å²) in [6.07, 6.45) is 12.2. The first-order valence-corrected chi connectivity index (χ1v) is 20.1. The molecule has 2 spiro atoms. The van der Waals surface area contributed by atoms with Crippen LogP contribution >= 0.6 is 0 Å². The van der Waals surface area contributed by atoms with E-state index in [9.17, 15) is 0 Å². The van der Waals surface area contributed by atoms with Crippen molar-refractivity contribution >= 4 is 81.4 Å². The Morgan fingerprint density at radius 3 is 1.92 bits per heavy atom. The molecule has 2 bridgehead atoms. The van der Waals surface area contributed by atoms with E-state index in [4.69, 9.17) is 0 Å². The van der Waals surface area contributed by atoms with Crippen LogP contribution in [0.25, 0.3) is 81.4 Å². The van der Waals surface area contributed by atoms with Gasteiger partial charge in [0.25, 0.3) is 0 Å². The highest BCUT2D eigenvalue weighted by molar-refractivity contribution is 6.51. The number of benzene rings is 6. The summed E-state index contributed by atoms with van der Waals surface area (Å²) < 4.78 is 0. The predicted octanol–water partition coefficient (Wildman–Crippen LogP) is 8.99. The molecule has 20 rings (SSSR count). The summed E-state index contributed by atoms with van der Waals surface area (Å²) >= 11 is 0. The summed E-state index contributed by atoms with van der Waals surface area (Å²) in [5, 5.41) is 26.8. The lowest BCUT2D eigenvalue weighted by Gasteiger charge is -2.63. The van der Waals surface area contributed by atoms with Crippen molar-refractivity contribution in [3.63, 3.8) is 0 Å². The predicted molar refractivity (Wildman–Crippen MR) is 197 cm³/mol. The van der Waals surface area contributed by atoms with E-state index in [0.29, 0.717) is 23.7 Å². The number of hydrogen-bond acceptors (Lipinski definition) is 0. The Labute approximate surface area is 281 Å². The molecule has 2 saturated carbocycles. The minimum atomic E-state index is 0.246. The van der Waals surface area contributed by atoms with Gasteiger partial charge in [0.1, 0.15) is 0 Å². The largest absolute Gasteiger partial charge is 0.0620 e. The van der Waals surface area contributed by atoms with E-state index in [2.05, 4.69) is 36.4 Å². The van der Waals surface area contributed by atoms with E-state index in [-0.39, 0.29) is 10.8 Å². The monoisotopic (exact) mass is 618 g/mol. The molecule has 0 saturated heterocycles. The zero-order chi connectivity index (χ0) is 30.1. The maximum Gasteiger partial charge on any atom is 0.0209 e. The Hall–Kier alpha value is -4.16. The fourth-order valence-corrected chi connectivity index (χ4v) is 19.1. The van der Waals surface area contributed by atoms with Gasteiger partial charge in [-0.1, -0.05) is 53.1 Å². The third-order valence-corrected chi connectivity index (χ3v) is 19.2. The average Bonchev–Trinajstić information content (AvgIpc) is 3.99. The molecule has 0 nitrogen and oxygen atoms in total. The molecule has 8 aromatic carbocycles. The van der Waals surface area contributed by atoms with Crippen LogP contribution in [0, 0.1) is 11.8 Å². The van der Waals surface area contributed by atoms with Gasteiger partial charge in [-0.15, -0.1) is 0 Å². The van der Waals surface area contributed by atoms with E-state index in [1.54, 1.807) is 76.1 Å². The third kappa shape index (κ3) is 1.47. The van der Waals surface area contributed by atoms with Gasteiger partial charge in [0.15, 0.2) is 0 Å². The molecule has 12 aliphatic rings. The zero-order valence-electron chi connectivity index (χ0n) is 27.3. The standard InChI is InChI=1S/C49H30/c1-2-4-17-16(3-1)28-15-29(17)49-27-14-13-26-24-11-9-22-20-7-5-18-19-6-8-21-23-10-12-25(27)37-35(23)40-33(21)31(19)38-30(18)32(20)39-34(22)36(24)46(48(26,28)49)44-42(39)41(38)43(40)45(44)47(37)49/h1-5,7,19,21,26-29H,6,8-15H2/t19?,21?,26?,27?,28-,29+,48?,49?/m0/s1. The van der Waals surface area contributed by atoms with Crippen molar-refractivity contribution in [1.82, 2.24) is 0 Å². The van der Waals surface area contributed by atoms with Crippen LogP contribution in [-0.2, 0) is 17.3 Å². The Morgan fingerprint density at radius 1 is 0.429 bits per heavy atom. The molecule has 49 heavy (non-hydrogen) atoms. The van der Waals surface area contributed by atoms with Crippen LogP contribution in [0.4, 0.5) is 0 Å². The molecular formula is C49H30. The molecule has 0 N–H and O–H groups in total. The molecule has 8 atom stereocenters. The second kappa shape index (κ2) is 5.70. The van der Waals surface area contributed by atoms with Crippen molar-refractivity contribution in [2.75, 3.05) is 0 Å². The number of rotatable bonds is 0. The molecule has 0 amide bonds. The van der Waals surface area contributed by atoms with Crippen LogP contribution in [0.1, 0.15) is 120 Å². The first-order valence-electron chi connectivity index (χ1n) is 20.1. The van der Waals surface area contributed by atoms with E-state index in [1.165, 1.54) is 57.8 Å². The highest BCUT2D eigenvalue weighted by atomic mass is 14.8. The van der Waals surface area contributed by atoms with Crippen LogP contribution in [0.3, 0.4) is 0 Å². The normalized spacial score (nSPS) is 37.1. The van der Waals surface area contributed by atoms with Gasteiger partial charge in [-0.2, -0.15) is 0 Å². The molecule has 0 aromatic heterocycles. The van der Waals surface area contributed by atoms with Crippen molar-refractivity contribution in [1.29, 1.82) is 0 Å². The Morgan fingerprint density at radius 2 is 1.08 bits per heavy atom. The summed E-state index contributed by atoms with van der Waals surface area (Å²) in [7, 11) is 0. The third-order valence-electron chi connectivity index (χ3n) is 19.2. The number of fused-ring (bicyclic) bond motifs is 5. The lowest BCUT2D eigenvalue weighted by atomic mass is 9.39. The second-order valence-electron chi connectivity index (χ2n) is 19.2. The van der Waals surface area contributed by atoms with Gasteiger partial charge in [0, 0.05) is 22.7 Å². The smallest absolute Gasteiger partial charge is 0.0209 e. The van der Waals surface area contributed by atoms with E-state index in [0.717, 1.165) is 11.8 Å². The molecule has 2 fully saturated rings. The van der Waals surface area contributed by atoms with Crippen LogP contribution < -0.4 is 15.7 Å². The molecule has 0 aliphatic heterocycles. The molecular weight excluding hydrogens is 589 g/mol. The molecule has 0 radical (unpaired) electrons. The minimum Gasteiger partial charge on any atom is -0.0620 e. The topological polar surface area (TPSA) is 0 Å². The highest BCUT2D eigenvalue weighted by Gasteiger charge is 2.81. The minimum absolute atomic E-state index is 0.246. The Bertz CT molecular complexity index is 3460. The SMILES string of the molecule is c1ccc2c(c1)[C@H]1C[C@@H]2C23c4c5c6c7c8ccc9c%10c%11c%12c%13c%14c%15c%16c(c%17c4c(c6c8%10)c%11c%14%17)C12C(CCC3C=5CC7)C=%16CCC=%15C%13CCC9%12. The van der Waals surface area contributed by atoms with Gasteiger partial charge < -0.3 is 0 Å². The van der Waals surface area contributed by atoms with Crippen molar-refractivity contribution in [2.45, 2.75) is 92.3 Å². The van der Waals surface area contributed by atoms with Crippen LogP contribution in [0.15, 0.2) is 36.4 Å². The first-order chi connectivity index (χ1) is 24.4. The molecule has 0 heterocycles. The van der Waals surface area contributed by atoms with Crippen molar-refractivity contribution in [3.8, 4) is 0 Å². The van der Waals surface area contributed by atoms with E-state index < -0.39 is 0 Å². The number of aryl methyl sites for hydroxylation is 1. The molecule has 8 aromatic rings. The second-order valence-corrected chi connectivity index (χ2v) is 19.2. The summed E-state index contributed by atoms with van der Waals surface area (Å²) in [6.45, 7) is 0. The molecule has 0 heteroatoms. The maximum absolute atomic E-state index is 2.65. The van der Waals surface area contributed by atoms with E-state index >= 15 is 0 Å². The van der Waals surface area contributed by atoms with Crippen LogP contribution in [-0.4, -0.2) is 0 Å². The fraction of sp³-hybridized carbons (Fsp3) is 0.347. The van der Waals surface area contributed by atoms with Crippen LogP contribution in [0.2, 0.25) is 0 Å². The molecule has 12 aliphatic carbocycles. The lowest BCUT2D eigenvalue weighted by Crippen LogP contribution is -2.62. The maximum atomic E-state index is 2.65. The summed E-state index contributed by atoms with van der Waals surface area (Å²) in [6, 6.07) is 15.3. The molecule has 6 unspecified atom stereocenters. The quantitative estimate of drug-likeness (QED) is 0.149. The van der Waals surface area contributed by atoms with Gasteiger partial charge in [-0.25, -0.2) is 0 Å². The van der Waals surface area contributed by atoms with Gasteiger partial charge >= 0.3 is 0 Å². The van der Waals surface area contributed by atoms with Crippen molar-refractivity contribution < 1.29 is 0 Å². The van der Waals surface area contributed by atoms with Gasteiger partial charge in [0.2, 0.25) is 0 Å². The average molecular weight is 619 g/mol.